The molecule has 1 aromatic carbocycles. The SMILES string of the molecule is Cc1c[nH]c2nccc(Oc3ccc([C@H]4CCN(C5CCOCC5)[C@@H]4C(N)=O)cc3)c12. The van der Waals surface area contributed by atoms with Gasteiger partial charge in [-0.05, 0) is 62.1 Å². The molecule has 0 spiro atoms. The van der Waals surface area contributed by atoms with Gasteiger partial charge in [0.1, 0.15) is 17.1 Å². The normalized spacial score (nSPS) is 22.7. The maximum atomic E-state index is 12.4. The number of rotatable bonds is 5. The number of carbonyl (C=O) groups excluding carboxylic acids is 1. The molecule has 2 fully saturated rings. The number of aromatic amines is 1. The zero-order valence-corrected chi connectivity index (χ0v) is 17.7. The van der Waals surface area contributed by atoms with Crippen LogP contribution in [0.4, 0.5) is 0 Å². The van der Waals surface area contributed by atoms with E-state index in [1.807, 2.05) is 31.3 Å². The maximum Gasteiger partial charge on any atom is 0.235 e. The van der Waals surface area contributed by atoms with E-state index in [2.05, 4.69) is 27.0 Å². The summed E-state index contributed by atoms with van der Waals surface area (Å²) in [6.07, 6.45) is 6.52. The Bertz CT molecular complexity index is 1070. The largest absolute Gasteiger partial charge is 0.457 e. The molecule has 0 saturated carbocycles. The molecule has 2 aromatic heterocycles. The van der Waals surface area contributed by atoms with Gasteiger partial charge in [0.05, 0.1) is 11.4 Å². The van der Waals surface area contributed by atoms with Gasteiger partial charge in [0.2, 0.25) is 5.91 Å². The molecule has 3 aromatic rings. The number of nitrogens with one attached hydrogen (secondary N) is 1. The van der Waals surface area contributed by atoms with Gasteiger partial charge >= 0.3 is 0 Å². The molecule has 2 saturated heterocycles. The number of pyridine rings is 1. The van der Waals surface area contributed by atoms with Crippen molar-refractivity contribution in [1.82, 2.24) is 14.9 Å². The van der Waals surface area contributed by atoms with Crippen molar-refractivity contribution < 1.29 is 14.3 Å². The van der Waals surface area contributed by atoms with E-state index in [9.17, 15) is 4.79 Å². The lowest BCUT2D eigenvalue weighted by molar-refractivity contribution is -0.124. The Hall–Kier alpha value is -2.90. The van der Waals surface area contributed by atoms with Crippen LogP contribution in [0.1, 0.15) is 36.3 Å². The van der Waals surface area contributed by atoms with Crippen LogP contribution in [-0.4, -0.2) is 52.6 Å². The summed E-state index contributed by atoms with van der Waals surface area (Å²) in [7, 11) is 0. The molecule has 7 heteroatoms. The van der Waals surface area contributed by atoms with E-state index in [-0.39, 0.29) is 17.9 Å². The van der Waals surface area contributed by atoms with E-state index >= 15 is 0 Å². The van der Waals surface area contributed by atoms with Crippen LogP contribution in [0.25, 0.3) is 11.0 Å². The molecule has 0 radical (unpaired) electrons. The Labute approximate surface area is 181 Å². The first kappa shape index (κ1) is 20.0. The summed E-state index contributed by atoms with van der Waals surface area (Å²) < 4.78 is 11.7. The average molecular weight is 421 g/mol. The van der Waals surface area contributed by atoms with Gasteiger partial charge in [0.25, 0.3) is 0 Å². The molecule has 0 aliphatic carbocycles. The summed E-state index contributed by atoms with van der Waals surface area (Å²) in [4.78, 5) is 22.2. The molecule has 4 heterocycles. The van der Waals surface area contributed by atoms with Crippen molar-refractivity contribution in [2.75, 3.05) is 19.8 Å². The quantitative estimate of drug-likeness (QED) is 0.659. The van der Waals surface area contributed by atoms with Crippen molar-refractivity contribution in [2.24, 2.45) is 5.73 Å². The first-order valence-electron chi connectivity index (χ1n) is 10.9. The fourth-order valence-corrected chi connectivity index (χ4v) is 5.13. The number of hydrogen-bond donors (Lipinski definition) is 2. The van der Waals surface area contributed by atoms with Crippen molar-refractivity contribution in [3.8, 4) is 11.5 Å². The summed E-state index contributed by atoms with van der Waals surface area (Å²) in [5.41, 5.74) is 8.90. The average Bonchev–Trinajstić information content (AvgIpc) is 3.40. The summed E-state index contributed by atoms with van der Waals surface area (Å²) in [6, 6.07) is 10.0. The minimum absolute atomic E-state index is 0.106. The highest BCUT2D eigenvalue weighted by atomic mass is 16.5. The summed E-state index contributed by atoms with van der Waals surface area (Å²) in [6.45, 7) is 4.44. The number of amides is 1. The molecular formula is C24H28N4O3. The number of benzene rings is 1. The number of nitrogens with zero attached hydrogens (tertiary/aromatic N) is 2. The van der Waals surface area contributed by atoms with E-state index < -0.39 is 0 Å². The molecule has 2 atom stereocenters. The second-order valence-electron chi connectivity index (χ2n) is 8.50. The van der Waals surface area contributed by atoms with Gasteiger partial charge in [0, 0.05) is 37.6 Å². The fraction of sp³-hybridized carbons (Fsp3) is 0.417. The van der Waals surface area contributed by atoms with E-state index in [4.69, 9.17) is 15.2 Å². The lowest BCUT2D eigenvalue weighted by Crippen LogP contribution is -2.49. The first-order valence-corrected chi connectivity index (χ1v) is 10.9. The van der Waals surface area contributed by atoms with Gasteiger partial charge in [-0.15, -0.1) is 0 Å². The van der Waals surface area contributed by atoms with Crippen molar-refractivity contribution in [2.45, 2.75) is 44.2 Å². The molecule has 0 unspecified atom stereocenters. The predicted molar refractivity (Wildman–Crippen MR) is 118 cm³/mol. The molecule has 2 aliphatic heterocycles. The Kier molecular flexibility index (Phi) is 5.38. The van der Waals surface area contributed by atoms with E-state index in [1.165, 1.54) is 0 Å². The van der Waals surface area contributed by atoms with Gasteiger partial charge < -0.3 is 20.2 Å². The Balaban J connectivity index is 1.35. The number of H-pyrrole nitrogens is 1. The number of aryl methyl sites for hydroxylation is 1. The van der Waals surface area contributed by atoms with Crippen LogP contribution >= 0.6 is 0 Å². The number of fused-ring (bicyclic) bond motifs is 1. The molecule has 162 valence electrons. The zero-order valence-electron chi connectivity index (χ0n) is 17.7. The van der Waals surface area contributed by atoms with Crippen LogP contribution in [0.2, 0.25) is 0 Å². The maximum absolute atomic E-state index is 12.4. The monoisotopic (exact) mass is 420 g/mol. The third kappa shape index (κ3) is 3.79. The van der Waals surface area contributed by atoms with Crippen LogP contribution in [-0.2, 0) is 9.53 Å². The van der Waals surface area contributed by atoms with Crippen LogP contribution in [0.5, 0.6) is 11.5 Å². The molecule has 3 N–H and O–H groups in total. The Morgan fingerprint density at radius 1 is 1.19 bits per heavy atom. The van der Waals surface area contributed by atoms with E-state index in [0.29, 0.717) is 6.04 Å². The highest BCUT2D eigenvalue weighted by molar-refractivity contribution is 5.86. The number of hydrogen-bond acceptors (Lipinski definition) is 5. The van der Waals surface area contributed by atoms with Crippen LogP contribution in [0.15, 0.2) is 42.7 Å². The molecule has 31 heavy (non-hydrogen) atoms. The molecule has 1 amide bonds. The minimum Gasteiger partial charge on any atom is -0.457 e. The van der Waals surface area contributed by atoms with Gasteiger partial charge in [-0.25, -0.2) is 4.98 Å². The second kappa shape index (κ2) is 8.32. The summed E-state index contributed by atoms with van der Waals surface area (Å²) in [5, 5.41) is 0.989. The fourth-order valence-electron chi connectivity index (χ4n) is 5.13. The molecule has 2 aliphatic rings. The highest BCUT2D eigenvalue weighted by Crippen LogP contribution is 2.38. The zero-order chi connectivity index (χ0) is 21.4. The summed E-state index contributed by atoms with van der Waals surface area (Å²) >= 11 is 0. The first-order chi connectivity index (χ1) is 15.1. The molecule has 0 bridgehead atoms. The van der Waals surface area contributed by atoms with E-state index in [0.717, 1.165) is 72.7 Å². The third-order valence-electron chi connectivity index (χ3n) is 6.66. The third-order valence-corrected chi connectivity index (χ3v) is 6.66. The van der Waals surface area contributed by atoms with Crippen LogP contribution in [0.3, 0.4) is 0 Å². The number of primary amides is 1. The smallest absolute Gasteiger partial charge is 0.235 e. The summed E-state index contributed by atoms with van der Waals surface area (Å²) in [5.74, 6) is 1.40. The molecular weight excluding hydrogens is 392 g/mol. The topological polar surface area (TPSA) is 93.5 Å². The van der Waals surface area contributed by atoms with Gasteiger partial charge in [-0.3, -0.25) is 9.69 Å². The minimum atomic E-state index is -0.266. The number of likely N-dealkylation sites (tertiary alicyclic amines) is 1. The molecule has 7 nitrogen and oxygen atoms in total. The number of ether oxygens (including phenoxy) is 2. The van der Waals surface area contributed by atoms with Gasteiger partial charge in [-0.2, -0.15) is 0 Å². The lowest BCUT2D eigenvalue weighted by Gasteiger charge is -2.35. The lowest BCUT2D eigenvalue weighted by atomic mass is 9.90. The van der Waals surface area contributed by atoms with Crippen molar-refractivity contribution in [3.63, 3.8) is 0 Å². The highest BCUT2D eigenvalue weighted by Gasteiger charge is 2.42. The number of nitrogens with two attached hydrogens (primary N) is 1. The van der Waals surface area contributed by atoms with Gasteiger partial charge in [0.15, 0.2) is 0 Å². The standard InChI is InChI=1S/C24H28N4O3/c1-15-14-27-24-21(15)20(6-10-26-24)31-18-4-2-16(3-5-18)19-7-11-28(22(19)23(25)29)17-8-12-30-13-9-17/h2-6,10,14,17,19,22H,7-9,11-13H2,1H3,(H2,25,29)(H,26,27)/t19-,22+/m1/s1. The predicted octanol–water partition coefficient (Wildman–Crippen LogP) is 3.49. The Morgan fingerprint density at radius 2 is 1.97 bits per heavy atom. The number of carbonyl (C=O) groups is 1. The Morgan fingerprint density at radius 3 is 2.71 bits per heavy atom. The molecule has 5 rings (SSSR count). The van der Waals surface area contributed by atoms with E-state index in [1.54, 1.807) is 6.20 Å². The van der Waals surface area contributed by atoms with Gasteiger partial charge in [-0.1, -0.05) is 12.1 Å². The van der Waals surface area contributed by atoms with Crippen molar-refractivity contribution in [3.05, 3.63) is 53.9 Å². The second-order valence-corrected chi connectivity index (χ2v) is 8.50. The van der Waals surface area contributed by atoms with Crippen LogP contribution in [0, 0.1) is 6.92 Å². The van der Waals surface area contributed by atoms with Crippen molar-refractivity contribution in [1.29, 1.82) is 0 Å². The van der Waals surface area contributed by atoms with Crippen LogP contribution < -0.4 is 10.5 Å². The number of aromatic nitrogens is 2. The van der Waals surface area contributed by atoms with Crippen molar-refractivity contribution >= 4 is 16.9 Å².